The van der Waals surface area contributed by atoms with Gasteiger partial charge in [-0.2, -0.15) is 0 Å². The van der Waals surface area contributed by atoms with E-state index >= 15 is 0 Å². The highest BCUT2D eigenvalue weighted by Crippen LogP contribution is 2.22. The van der Waals surface area contributed by atoms with Crippen LogP contribution in [0.1, 0.15) is 74.8 Å². The van der Waals surface area contributed by atoms with E-state index in [9.17, 15) is 4.79 Å². The number of aryl methyl sites for hydroxylation is 1. The monoisotopic (exact) mass is 261 g/mol. The normalized spacial score (nSPS) is 15.0. The van der Waals surface area contributed by atoms with E-state index in [0.29, 0.717) is 5.78 Å². The highest BCUT2D eigenvalue weighted by atomic mass is 16.1. The standard InChI is InChI=1S/C17H27NO/c1-14(2)8-5-3-4-6-12-18-13-11-15-16(18)9-7-10-17(15)19/h11,13-14H,3-10,12H2,1-2H3. The fourth-order valence-corrected chi connectivity index (χ4v) is 2.99. The molecule has 0 radical (unpaired) electrons. The van der Waals surface area contributed by atoms with Gasteiger partial charge in [0, 0.05) is 30.4 Å². The number of carbonyl (C=O) groups is 1. The van der Waals surface area contributed by atoms with Crippen LogP contribution in [0, 0.1) is 5.92 Å². The minimum atomic E-state index is 0.344. The molecule has 0 aromatic carbocycles. The minimum absolute atomic E-state index is 0.344. The molecule has 1 aromatic rings. The number of ketones is 1. The van der Waals surface area contributed by atoms with Crippen molar-refractivity contribution in [2.45, 2.75) is 71.8 Å². The second-order valence-electron chi connectivity index (χ2n) is 6.24. The fraction of sp³-hybridized carbons (Fsp3) is 0.706. The highest BCUT2D eigenvalue weighted by molar-refractivity contribution is 5.98. The van der Waals surface area contributed by atoms with Gasteiger partial charge in [-0.25, -0.2) is 0 Å². The number of nitrogens with zero attached hydrogens (tertiary/aromatic N) is 1. The first-order valence-electron chi connectivity index (χ1n) is 7.89. The number of fused-ring (bicyclic) bond motifs is 1. The van der Waals surface area contributed by atoms with E-state index in [1.54, 1.807) is 0 Å². The number of carbonyl (C=O) groups excluding carboxylic acids is 1. The molecule has 0 bridgehead atoms. The first-order valence-corrected chi connectivity index (χ1v) is 7.89. The van der Waals surface area contributed by atoms with Gasteiger partial charge in [0.25, 0.3) is 0 Å². The van der Waals surface area contributed by atoms with E-state index in [2.05, 4.69) is 24.6 Å². The Labute approximate surface area is 117 Å². The molecule has 0 amide bonds. The predicted molar refractivity (Wildman–Crippen MR) is 79.6 cm³/mol. The molecule has 1 aromatic heterocycles. The maximum absolute atomic E-state index is 11.8. The highest BCUT2D eigenvalue weighted by Gasteiger charge is 2.19. The number of aromatic nitrogens is 1. The lowest BCUT2D eigenvalue weighted by Gasteiger charge is -2.15. The van der Waals surface area contributed by atoms with Gasteiger partial charge in [-0.3, -0.25) is 4.79 Å². The maximum Gasteiger partial charge on any atom is 0.164 e. The first kappa shape index (κ1) is 14.4. The Hall–Kier alpha value is -1.05. The van der Waals surface area contributed by atoms with E-state index in [1.165, 1.54) is 37.8 Å². The number of hydrogen-bond acceptors (Lipinski definition) is 1. The van der Waals surface area contributed by atoms with E-state index in [4.69, 9.17) is 0 Å². The summed E-state index contributed by atoms with van der Waals surface area (Å²) in [4.78, 5) is 11.8. The van der Waals surface area contributed by atoms with E-state index < -0.39 is 0 Å². The van der Waals surface area contributed by atoms with Crippen LogP contribution in [0.4, 0.5) is 0 Å². The molecule has 1 aliphatic rings. The summed E-state index contributed by atoms with van der Waals surface area (Å²) in [5.41, 5.74) is 2.28. The molecule has 0 atom stereocenters. The van der Waals surface area contributed by atoms with E-state index in [-0.39, 0.29) is 0 Å². The Morgan fingerprint density at radius 1 is 1.16 bits per heavy atom. The smallest absolute Gasteiger partial charge is 0.164 e. The summed E-state index contributed by atoms with van der Waals surface area (Å²) in [6.45, 7) is 5.68. The molecular formula is C17H27NO. The SMILES string of the molecule is CC(C)CCCCCCn1ccc2c1CCCC2=O. The van der Waals surface area contributed by atoms with Gasteiger partial charge in [-0.1, -0.05) is 39.5 Å². The number of unbranched alkanes of at least 4 members (excludes halogenated alkanes) is 3. The molecule has 0 saturated carbocycles. The largest absolute Gasteiger partial charge is 0.351 e. The molecule has 0 unspecified atom stereocenters. The zero-order valence-electron chi connectivity index (χ0n) is 12.5. The Morgan fingerprint density at radius 3 is 2.74 bits per heavy atom. The second-order valence-corrected chi connectivity index (χ2v) is 6.24. The van der Waals surface area contributed by atoms with Crippen molar-refractivity contribution in [3.05, 3.63) is 23.5 Å². The molecule has 1 heterocycles. The zero-order valence-corrected chi connectivity index (χ0v) is 12.5. The van der Waals surface area contributed by atoms with Gasteiger partial charge in [0.2, 0.25) is 0 Å². The maximum atomic E-state index is 11.8. The average molecular weight is 261 g/mol. The van der Waals surface area contributed by atoms with Crippen LogP contribution < -0.4 is 0 Å². The summed E-state index contributed by atoms with van der Waals surface area (Å²) >= 11 is 0. The van der Waals surface area contributed by atoms with Crippen molar-refractivity contribution in [2.24, 2.45) is 5.92 Å². The summed E-state index contributed by atoms with van der Waals surface area (Å²) < 4.78 is 2.31. The third-order valence-corrected chi connectivity index (χ3v) is 4.13. The van der Waals surface area contributed by atoms with Crippen molar-refractivity contribution in [3.8, 4) is 0 Å². The van der Waals surface area contributed by atoms with Gasteiger partial charge in [-0.15, -0.1) is 0 Å². The lowest BCUT2D eigenvalue weighted by atomic mass is 9.97. The van der Waals surface area contributed by atoms with Crippen molar-refractivity contribution in [1.82, 2.24) is 4.57 Å². The lowest BCUT2D eigenvalue weighted by molar-refractivity contribution is 0.0971. The van der Waals surface area contributed by atoms with Crippen LogP contribution in [0.15, 0.2) is 12.3 Å². The summed E-state index contributed by atoms with van der Waals surface area (Å²) in [5, 5.41) is 0. The molecule has 19 heavy (non-hydrogen) atoms. The number of hydrogen-bond donors (Lipinski definition) is 0. The molecule has 106 valence electrons. The van der Waals surface area contributed by atoms with Crippen LogP contribution in [-0.4, -0.2) is 10.4 Å². The fourth-order valence-electron chi connectivity index (χ4n) is 2.99. The van der Waals surface area contributed by atoms with Gasteiger partial charge < -0.3 is 4.57 Å². The van der Waals surface area contributed by atoms with Crippen molar-refractivity contribution in [1.29, 1.82) is 0 Å². The van der Waals surface area contributed by atoms with E-state index in [1.807, 2.05) is 6.07 Å². The predicted octanol–water partition coefficient (Wildman–Crippen LogP) is 4.61. The van der Waals surface area contributed by atoms with Crippen molar-refractivity contribution < 1.29 is 4.79 Å². The molecule has 0 fully saturated rings. The molecule has 1 aliphatic carbocycles. The van der Waals surface area contributed by atoms with Crippen molar-refractivity contribution in [2.75, 3.05) is 0 Å². The topological polar surface area (TPSA) is 22.0 Å². The number of rotatable bonds is 7. The van der Waals surface area contributed by atoms with Crippen LogP contribution in [0.25, 0.3) is 0 Å². The Morgan fingerprint density at radius 2 is 1.95 bits per heavy atom. The van der Waals surface area contributed by atoms with Crippen LogP contribution in [0.2, 0.25) is 0 Å². The Balaban J connectivity index is 1.73. The lowest BCUT2D eigenvalue weighted by Crippen LogP contribution is -2.13. The van der Waals surface area contributed by atoms with Gasteiger partial charge >= 0.3 is 0 Å². The Kier molecular flexibility index (Phi) is 5.24. The third kappa shape index (κ3) is 3.95. The molecule has 2 nitrogen and oxygen atoms in total. The molecule has 0 spiro atoms. The first-order chi connectivity index (χ1) is 9.18. The van der Waals surface area contributed by atoms with Gasteiger partial charge in [0.15, 0.2) is 5.78 Å². The minimum Gasteiger partial charge on any atom is -0.351 e. The van der Waals surface area contributed by atoms with Crippen LogP contribution in [0.5, 0.6) is 0 Å². The summed E-state index contributed by atoms with van der Waals surface area (Å²) in [7, 11) is 0. The summed E-state index contributed by atoms with van der Waals surface area (Å²) in [6.07, 6.45) is 11.6. The molecule has 0 N–H and O–H groups in total. The quantitative estimate of drug-likeness (QED) is 0.657. The number of Topliss-reactive ketones (excluding diaryl/α,β-unsaturated/α-hetero) is 1. The average Bonchev–Trinajstić information content (AvgIpc) is 2.78. The zero-order chi connectivity index (χ0) is 13.7. The summed E-state index contributed by atoms with van der Waals surface area (Å²) in [6, 6.07) is 2.02. The van der Waals surface area contributed by atoms with Crippen LogP contribution in [-0.2, 0) is 13.0 Å². The van der Waals surface area contributed by atoms with Crippen molar-refractivity contribution in [3.63, 3.8) is 0 Å². The van der Waals surface area contributed by atoms with Gasteiger partial charge in [-0.05, 0) is 31.2 Å². The third-order valence-electron chi connectivity index (χ3n) is 4.13. The van der Waals surface area contributed by atoms with Gasteiger partial charge in [0.1, 0.15) is 0 Å². The molecular weight excluding hydrogens is 234 g/mol. The van der Waals surface area contributed by atoms with E-state index in [0.717, 1.165) is 37.3 Å². The Bertz CT molecular complexity index is 417. The van der Waals surface area contributed by atoms with Gasteiger partial charge in [0.05, 0.1) is 0 Å². The second kappa shape index (κ2) is 6.93. The molecule has 2 heteroatoms. The molecule has 0 aliphatic heterocycles. The molecule has 0 saturated heterocycles. The van der Waals surface area contributed by atoms with Crippen LogP contribution in [0.3, 0.4) is 0 Å². The molecule has 2 rings (SSSR count). The van der Waals surface area contributed by atoms with Crippen LogP contribution >= 0.6 is 0 Å². The van der Waals surface area contributed by atoms with Crippen molar-refractivity contribution >= 4 is 5.78 Å². The summed E-state index contributed by atoms with van der Waals surface area (Å²) in [5.74, 6) is 1.18.